The van der Waals surface area contributed by atoms with E-state index in [4.69, 9.17) is 11.6 Å². The number of carbonyl (C=O) groups excluding carboxylic acids is 1. The topological polar surface area (TPSA) is 54.0 Å². The van der Waals surface area contributed by atoms with E-state index in [2.05, 4.69) is 31.5 Å². The Hall–Kier alpha value is -2.11. The second kappa shape index (κ2) is 6.56. The summed E-state index contributed by atoms with van der Waals surface area (Å²) in [6.07, 6.45) is 1.74. The molecule has 1 aromatic heterocycles. The minimum absolute atomic E-state index is 0.128. The summed E-state index contributed by atoms with van der Waals surface area (Å²) in [5, 5.41) is 7.60. The maximum absolute atomic E-state index is 11.2. The number of hydrogen-bond acceptors (Lipinski definition) is 3. The summed E-state index contributed by atoms with van der Waals surface area (Å²) in [5.74, 6) is -0.128. The van der Waals surface area contributed by atoms with Crippen LogP contribution in [0.5, 0.6) is 0 Å². The van der Waals surface area contributed by atoms with Gasteiger partial charge < -0.3 is 10.6 Å². The molecule has 0 saturated carbocycles. The van der Waals surface area contributed by atoms with Crippen LogP contribution in [0.25, 0.3) is 10.9 Å². The van der Waals surface area contributed by atoms with Gasteiger partial charge in [-0.3, -0.25) is 9.78 Å². The minimum Gasteiger partial charge on any atom is -0.354 e. The van der Waals surface area contributed by atoms with Gasteiger partial charge in [0.05, 0.1) is 16.2 Å². The summed E-state index contributed by atoms with van der Waals surface area (Å²) >= 11 is 9.74. The van der Waals surface area contributed by atoms with Crippen LogP contribution in [0.4, 0.5) is 17.1 Å². The van der Waals surface area contributed by atoms with Gasteiger partial charge in [-0.25, -0.2) is 0 Å². The first kappa shape index (κ1) is 15.8. The van der Waals surface area contributed by atoms with Crippen molar-refractivity contribution in [3.8, 4) is 0 Å². The largest absolute Gasteiger partial charge is 0.354 e. The summed E-state index contributed by atoms with van der Waals surface area (Å²) in [6.45, 7) is 1.47. The summed E-state index contributed by atoms with van der Waals surface area (Å²) in [4.78, 5) is 15.6. The normalized spacial score (nSPS) is 10.6. The lowest BCUT2D eigenvalue weighted by molar-refractivity contribution is -0.114. The Kier molecular flexibility index (Phi) is 4.50. The van der Waals surface area contributed by atoms with Gasteiger partial charge in [0.25, 0.3) is 0 Å². The van der Waals surface area contributed by atoms with Crippen molar-refractivity contribution < 1.29 is 4.79 Å². The van der Waals surface area contributed by atoms with Crippen LogP contribution in [0, 0.1) is 0 Å². The quantitative estimate of drug-likeness (QED) is 0.633. The van der Waals surface area contributed by atoms with E-state index < -0.39 is 0 Å². The molecule has 3 aromatic rings. The molecule has 1 heterocycles. The highest BCUT2D eigenvalue weighted by atomic mass is 79.9. The third-order valence-corrected chi connectivity index (χ3v) is 4.08. The van der Waals surface area contributed by atoms with Crippen LogP contribution in [0.15, 0.2) is 53.1 Å². The molecule has 2 aromatic carbocycles. The molecular formula is C17H13BrClN3O. The van der Waals surface area contributed by atoms with Crippen LogP contribution < -0.4 is 10.6 Å². The Bertz CT molecular complexity index is 898. The highest BCUT2D eigenvalue weighted by Crippen LogP contribution is 2.32. The fraction of sp³-hybridized carbons (Fsp3) is 0.0588. The highest BCUT2D eigenvalue weighted by molar-refractivity contribution is 9.10. The van der Waals surface area contributed by atoms with E-state index in [0.29, 0.717) is 16.4 Å². The van der Waals surface area contributed by atoms with Crippen molar-refractivity contribution in [1.29, 1.82) is 0 Å². The fourth-order valence-corrected chi connectivity index (χ4v) is 2.80. The number of hydrogen-bond donors (Lipinski definition) is 2. The summed E-state index contributed by atoms with van der Waals surface area (Å²) in [6, 6.07) is 13.1. The van der Waals surface area contributed by atoms with Gasteiger partial charge in [0.1, 0.15) is 0 Å². The van der Waals surface area contributed by atoms with Crippen LogP contribution >= 0.6 is 27.5 Å². The molecule has 0 bridgehead atoms. The Morgan fingerprint density at radius 3 is 2.74 bits per heavy atom. The van der Waals surface area contributed by atoms with Gasteiger partial charge in [-0.2, -0.15) is 0 Å². The first-order chi connectivity index (χ1) is 11.0. The number of aromatic nitrogens is 1. The standard InChI is InChI=1S/C17H13BrClN3O/c1-10(23)21-12-3-4-14(19)17(9-12)22-16-6-7-20-15-5-2-11(18)8-13(15)16/h2-9H,1H3,(H,20,22)(H,21,23). The molecule has 4 nitrogen and oxygen atoms in total. The van der Waals surface area contributed by atoms with Crippen molar-refractivity contribution in [1.82, 2.24) is 4.98 Å². The lowest BCUT2D eigenvalue weighted by atomic mass is 10.1. The van der Waals surface area contributed by atoms with E-state index in [1.165, 1.54) is 6.92 Å². The molecule has 0 spiro atoms. The molecule has 0 aliphatic heterocycles. The van der Waals surface area contributed by atoms with Gasteiger partial charge in [-0.15, -0.1) is 0 Å². The van der Waals surface area contributed by atoms with E-state index in [9.17, 15) is 4.79 Å². The predicted molar refractivity (Wildman–Crippen MR) is 98.5 cm³/mol. The second-order valence-corrected chi connectivity index (χ2v) is 6.34. The smallest absolute Gasteiger partial charge is 0.221 e. The third kappa shape index (κ3) is 3.63. The second-order valence-electron chi connectivity index (χ2n) is 5.02. The zero-order valence-electron chi connectivity index (χ0n) is 12.2. The molecular weight excluding hydrogens is 378 g/mol. The van der Waals surface area contributed by atoms with Crippen molar-refractivity contribution in [3.05, 3.63) is 58.2 Å². The van der Waals surface area contributed by atoms with E-state index >= 15 is 0 Å². The Balaban J connectivity index is 2.02. The number of nitrogens with zero attached hydrogens (tertiary/aromatic N) is 1. The zero-order chi connectivity index (χ0) is 16.4. The number of carbonyl (C=O) groups is 1. The van der Waals surface area contributed by atoms with Crippen molar-refractivity contribution in [3.63, 3.8) is 0 Å². The summed E-state index contributed by atoms with van der Waals surface area (Å²) in [5.41, 5.74) is 3.17. The average Bonchev–Trinajstić information content (AvgIpc) is 2.50. The molecule has 116 valence electrons. The van der Waals surface area contributed by atoms with E-state index in [1.54, 1.807) is 24.4 Å². The van der Waals surface area contributed by atoms with Crippen LogP contribution in [-0.4, -0.2) is 10.9 Å². The van der Waals surface area contributed by atoms with E-state index in [1.807, 2.05) is 24.3 Å². The van der Waals surface area contributed by atoms with Gasteiger partial charge in [-0.1, -0.05) is 27.5 Å². The van der Waals surface area contributed by atoms with Gasteiger partial charge in [0, 0.05) is 34.4 Å². The number of fused-ring (bicyclic) bond motifs is 1. The molecule has 0 radical (unpaired) electrons. The van der Waals surface area contributed by atoms with Crippen molar-refractivity contribution >= 4 is 61.4 Å². The minimum atomic E-state index is -0.128. The SMILES string of the molecule is CC(=O)Nc1ccc(Cl)c(Nc2ccnc3ccc(Br)cc23)c1. The Labute approximate surface area is 147 Å². The van der Waals surface area contributed by atoms with Crippen LogP contribution in [0.2, 0.25) is 5.02 Å². The maximum Gasteiger partial charge on any atom is 0.221 e. The first-order valence-corrected chi connectivity index (χ1v) is 8.08. The molecule has 0 fully saturated rings. The molecule has 0 unspecified atom stereocenters. The average molecular weight is 391 g/mol. The number of anilines is 3. The molecule has 3 rings (SSSR count). The molecule has 2 N–H and O–H groups in total. The summed E-state index contributed by atoms with van der Waals surface area (Å²) < 4.78 is 0.971. The number of nitrogens with one attached hydrogen (secondary N) is 2. The van der Waals surface area contributed by atoms with Crippen molar-refractivity contribution in [2.75, 3.05) is 10.6 Å². The van der Waals surface area contributed by atoms with Crippen LogP contribution in [-0.2, 0) is 4.79 Å². The van der Waals surface area contributed by atoms with Crippen molar-refractivity contribution in [2.45, 2.75) is 6.92 Å². The van der Waals surface area contributed by atoms with E-state index in [0.717, 1.165) is 21.1 Å². The lowest BCUT2D eigenvalue weighted by Crippen LogP contribution is -2.06. The number of benzene rings is 2. The maximum atomic E-state index is 11.2. The fourth-order valence-electron chi connectivity index (χ4n) is 2.27. The molecule has 0 aliphatic carbocycles. The van der Waals surface area contributed by atoms with E-state index in [-0.39, 0.29) is 5.91 Å². The first-order valence-electron chi connectivity index (χ1n) is 6.91. The number of rotatable bonds is 3. The monoisotopic (exact) mass is 389 g/mol. The molecule has 0 aliphatic rings. The molecule has 23 heavy (non-hydrogen) atoms. The Morgan fingerprint density at radius 2 is 1.96 bits per heavy atom. The summed E-state index contributed by atoms with van der Waals surface area (Å²) in [7, 11) is 0. The van der Waals surface area contributed by atoms with Gasteiger partial charge in [0.2, 0.25) is 5.91 Å². The number of halogens is 2. The number of pyridine rings is 1. The Morgan fingerprint density at radius 1 is 1.13 bits per heavy atom. The lowest BCUT2D eigenvalue weighted by Gasteiger charge is -2.13. The molecule has 6 heteroatoms. The third-order valence-electron chi connectivity index (χ3n) is 3.26. The zero-order valence-corrected chi connectivity index (χ0v) is 14.6. The van der Waals surface area contributed by atoms with Gasteiger partial charge in [0.15, 0.2) is 0 Å². The van der Waals surface area contributed by atoms with Crippen molar-refractivity contribution in [2.24, 2.45) is 0 Å². The van der Waals surface area contributed by atoms with Gasteiger partial charge >= 0.3 is 0 Å². The molecule has 1 amide bonds. The molecule has 0 saturated heterocycles. The van der Waals surface area contributed by atoms with Crippen LogP contribution in [0.3, 0.4) is 0 Å². The molecule has 0 atom stereocenters. The highest BCUT2D eigenvalue weighted by Gasteiger charge is 2.07. The number of amides is 1. The van der Waals surface area contributed by atoms with Crippen LogP contribution in [0.1, 0.15) is 6.92 Å². The predicted octanol–water partition coefficient (Wildman–Crippen LogP) is 5.35. The van der Waals surface area contributed by atoms with Gasteiger partial charge in [-0.05, 0) is 42.5 Å².